The van der Waals surface area contributed by atoms with Gasteiger partial charge in [-0.25, -0.2) is 19.5 Å². The van der Waals surface area contributed by atoms with Crippen LogP contribution in [0.4, 0.5) is 15.4 Å². The van der Waals surface area contributed by atoms with Crippen molar-refractivity contribution < 1.29 is 62.1 Å². The summed E-state index contributed by atoms with van der Waals surface area (Å²) in [5, 5.41) is 69.1. The van der Waals surface area contributed by atoms with Crippen molar-refractivity contribution in [1.29, 1.82) is 0 Å². The number of nitrogens with zero attached hydrogens (tertiary/aromatic N) is 15. The van der Waals surface area contributed by atoms with Gasteiger partial charge in [0.2, 0.25) is 32.9 Å². The molecule has 6 atom stereocenters. The lowest BCUT2D eigenvalue weighted by Crippen LogP contribution is -2.55. The number of rotatable bonds is 27. The Morgan fingerprint density at radius 2 is 0.761 bits per heavy atom. The fourth-order valence-electron chi connectivity index (χ4n) is 10.8. The molecule has 92 heavy (non-hydrogen) atoms. The molecule has 3 aliphatic rings. The molecule has 0 unspecified atom stereocenters. The van der Waals surface area contributed by atoms with Gasteiger partial charge in [0.15, 0.2) is 15.5 Å². The van der Waals surface area contributed by atoms with E-state index in [4.69, 9.17) is 62.6 Å². The SMILES string of the molecule is CCc1c(Cl)nc(C(=O)N[C@@H]2CCN(c3nnc(C(C)(C)O)s3)C[C@@H]2OC)n1COP(=O)(OCn1c(C(=O)N[C@@H]2CCN(c3nnc(C(C)(C)O)s3)C[C@@H]2OC)nc(Cl)c1CC)OCn1c(C(=O)N[C@@H]2CCN(c3nnc(C(C)(C)O)s3)C[C@@H]2OC)nc(Cl)c1CC. The number of aliphatic hydroxyl groups is 3. The Morgan fingerprint density at radius 3 is 0.978 bits per heavy atom. The third-order valence-corrected chi connectivity index (χ3v) is 22.0. The number of nitrogens with one attached hydrogen (secondary N) is 3. The summed E-state index contributed by atoms with van der Waals surface area (Å²) in [7, 11) is -0.453. The van der Waals surface area contributed by atoms with Crippen molar-refractivity contribution in [2.45, 2.75) is 174 Å². The minimum absolute atomic E-state index is 0.0366. The zero-order chi connectivity index (χ0) is 66.8. The number of phosphoric ester groups is 1. The molecule has 0 saturated carbocycles. The molecule has 6 aromatic rings. The fourth-order valence-corrected chi connectivity index (χ4v) is 15.4. The van der Waals surface area contributed by atoms with Gasteiger partial charge >= 0.3 is 7.82 Å². The van der Waals surface area contributed by atoms with Gasteiger partial charge in [-0.05, 0) is 80.1 Å². The molecular formula is C54H78Cl3N18O13PS3. The summed E-state index contributed by atoms with van der Waals surface area (Å²) >= 11 is 24.1. The molecule has 38 heteroatoms. The van der Waals surface area contributed by atoms with E-state index >= 15 is 4.57 Å². The van der Waals surface area contributed by atoms with Gasteiger partial charge in [0, 0.05) is 60.6 Å². The highest BCUT2D eigenvalue weighted by Crippen LogP contribution is 2.51. The lowest BCUT2D eigenvalue weighted by molar-refractivity contribution is 0.0445. The topological polar surface area (TPSA) is 361 Å². The summed E-state index contributed by atoms with van der Waals surface area (Å²) in [4.78, 5) is 62.7. The van der Waals surface area contributed by atoms with Crippen LogP contribution in [0.25, 0.3) is 0 Å². The Balaban J connectivity index is 0.972. The van der Waals surface area contributed by atoms with E-state index in [9.17, 15) is 29.7 Å². The van der Waals surface area contributed by atoms with Gasteiger partial charge in [-0.1, -0.05) is 89.6 Å². The Kier molecular flexibility index (Phi) is 22.8. The molecule has 0 spiro atoms. The van der Waals surface area contributed by atoms with Crippen LogP contribution in [-0.4, -0.2) is 189 Å². The van der Waals surface area contributed by atoms with Gasteiger partial charge < -0.3 is 60.2 Å². The molecular weight excluding hydrogens is 1340 g/mol. The van der Waals surface area contributed by atoms with E-state index in [2.05, 4.69) is 61.5 Å². The van der Waals surface area contributed by atoms with Crippen molar-refractivity contribution >= 4 is 110 Å². The number of piperidine rings is 3. The van der Waals surface area contributed by atoms with Gasteiger partial charge in [0.1, 0.15) is 52.0 Å². The first kappa shape index (κ1) is 71.2. The highest BCUT2D eigenvalue weighted by Gasteiger charge is 2.40. The number of hydrogen-bond acceptors (Lipinski definition) is 28. The lowest BCUT2D eigenvalue weighted by atomic mass is 10.0. The first-order chi connectivity index (χ1) is 43.5. The van der Waals surface area contributed by atoms with Gasteiger partial charge in [-0.3, -0.25) is 41.7 Å². The van der Waals surface area contributed by atoms with Crippen LogP contribution in [0.15, 0.2) is 0 Å². The third kappa shape index (κ3) is 16.0. The van der Waals surface area contributed by atoms with E-state index in [0.29, 0.717) is 106 Å². The number of hydrogen-bond donors (Lipinski definition) is 6. The summed E-state index contributed by atoms with van der Waals surface area (Å²) in [5.74, 6) is -2.61. The van der Waals surface area contributed by atoms with Crippen LogP contribution in [0, 0.1) is 0 Å². The number of carbonyl (C=O) groups excluding carboxylic acids is 3. The third-order valence-electron chi connectivity index (χ3n) is 15.9. The summed E-state index contributed by atoms with van der Waals surface area (Å²) in [6.07, 6.45) is 0.288. The van der Waals surface area contributed by atoms with Crippen LogP contribution in [0.1, 0.15) is 146 Å². The van der Waals surface area contributed by atoms with Crippen molar-refractivity contribution in [2.24, 2.45) is 0 Å². The molecule has 0 aromatic carbocycles. The quantitative estimate of drug-likeness (QED) is 0.0339. The second-order valence-corrected chi connectivity index (χ2v) is 29.3. The van der Waals surface area contributed by atoms with Crippen molar-refractivity contribution in [1.82, 2.24) is 75.2 Å². The number of methoxy groups -OCH3 is 3. The first-order valence-corrected chi connectivity index (χ1v) is 34.8. The molecule has 31 nitrogen and oxygen atoms in total. The van der Waals surface area contributed by atoms with Gasteiger partial charge in [0.05, 0.1) is 53.5 Å². The molecule has 3 fully saturated rings. The maximum Gasteiger partial charge on any atom is 0.480 e. The van der Waals surface area contributed by atoms with Crippen LogP contribution in [0.5, 0.6) is 0 Å². The predicted octanol–water partition coefficient (Wildman–Crippen LogP) is 5.66. The molecule has 6 N–H and O–H groups in total. The number of imidazole rings is 3. The number of halogens is 3. The van der Waals surface area contributed by atoms with Crippen molar-refractivity contribution in [3.63, 3.8) is 0 Å². The van der Waals surface area contributed by atoms with Crippen LogP contribution in [0.2, 0.25) is 15.5 Å². The largest absolute Gasteiger partial charge is 0.480 e. The van der Waals surface area contributed by atoms with E-state index in [1.807, 2.05) is 14.7 Å². The van der Waals surface area contributed by atoms with Gasteiger partial charge in [0.25, 0.3) is 17.7 Å². The molecule has 9 rings (SSSR count). The van der Waals surface area contributed by atoms with E-state index in [1.54, 1.807) is 62.3 Å². The smallest absolute Gasteiger partial charge is 0.383 e. The fraction of sp³-hybridized carbons (Fsp3) is 0.667. The highest BCUT2D eigenvalue weighted by molar-refractivity contribution is 7.48. The zero-order valence-electron chi connectivity index (χ0n) is 53.0. The second-order valence-electron chi connectivity index (χ2n) is 23.7. The van der Waals surface area contributed by atoms with Gasteiger partial charge in [-0.15, -0.1) is 30.6 Å². The number of ether oxygens (including phenoxy) is 3. The Morgan fingerprint density at radius 1 is 0.500 bits per heavy atom. The Hall–Kier alpha value is -5.14. The molecule has 3 saturated heterocycles. The molecule has 3 aliphatic heterocycles. The minimum Gasteiger partial charge on any atom is -0.383 e. The van der Waals surface area contributed by atoms with E-state index in [-0.39, 0.29) is 52.2 Å². The van der Waals surface area contributed by atoms with Crippen molar-refractivity contribution in [2.75, 3.05) is 75.3 Å². The molecule has 0 bridgehead atoms. The molecule has 0 aliphatic carbocycles. The normalized spacial score (nSPS) is 20.3. The van der Waals surface area contributed by atoms with Crippen LogP contribution >= 0.6 is 76.6 Å². The monoisotopic (exact) mass is 1420 g/mol. The van der Waals surface area contributed by atoms with Crippen LogP contribution in [0.3, 0.4) is 0 Å². The number of phosphoric acid groups is 1. The van der Waals surface area contributed by atoms with Crippen LogP contribution < -0.4 is 30.7 Å². The van der Waals surface area contributed by atoms with Crippen molar-refractivity contribution in [3.05, 3.63) is 65.0 Å². The number of anilines is 3. The molecule has 9 heterocycles. The molecule has 6 aromatic heterocycles. The maximum absolute atomic E-state index is 15.7. The summed E-state index contributed by atoms with van der Waals surface area (Å²) in [6, 6.07) is -1.61. The van der Waals surface area contributed by atoms with E-state index in [0.717, 1.165) is 0 Å². The predicted molar refractivity (Wildman–Crippen MR) is 343 cm³/mol. The molecule has 506 valence electrons. The average molecular weight is 1420 g/mol. The maximum atomic E-state index is 15.7. The Labute approximate surface area is 558 Å². The lowest BCUT2D eigenvalue weighted by Gasteiger charge is -2.37. The van der Waals surface area contributed by atoms with E-state index < -0.39 is 99.0 Å². The summed E-state index contributed by atoms with van der Waals surface area (Å²) in [5.41, 5.74) is -2.58. The second kappa shape index (κ2) is 29.5. The van der Waals surface area contributed by atoms with Crippen LogP contribution in [-0.2, 0) is 88.6 Å². The standard InChI is InChI=1S/C54H78Cl3N18O13PS3/c1-13-31-37(55)61-40(43(76)58-28-16-19-70(22-34(28)83-10)49-67-64-46(90-49)52(4,5)79)73(31)25-86-89(82,87-26-74-32(14-2)38(56)62-41(74)44(77)59-29-17-20-71(23-35(29)84-11)50-68-65-47(91-50)53(6,7)80)88-27-75-33(15-3)39(57)63-42(75)45(78)60-30-18-21-72(24-36(30)85-12)51-69-66-48(92-51)54(8,9)81/h28-30,34-36,79-81H,13-27H2,1-12H3,(H,58,76)(H,59,77)(H,60,78)/t28-,29-,30-,34+,35+,36+/m1/s1. The number of carbonyl (C=O) groups is 3. The first-order valence-electron chi connectivity index (χ1n) is 29.7. The van der Waals surface area contributed by atoms with E-state index in [1.165, 1.54) is 69.0 Å². The molecule has 0 radical (unpaired) electrons. The van der Waals surface area contributed by atoms with Gasteiger partial charge in [-0.2, -0.15) is 0 Å². The Bertz CT molecular complexity index is 3260. The number of aromatic nitrogens is 12. The summed E-state index contributed by atoms with van der Waals surface area (Å²) < 4.78 is 56.1. The minimum atomic E-state index is -5.04. The number of amides is 3. The molecule has 3 amide bonds. The van der Waals surface area contributed by atoms with Crippen molar-refractivity contribution in [3.8, 4) is 0 Å². The summed E-state index contributed by atoms with van der Waals surface area (Å²) in [6.45, 7) is 15.3. The zero-order valence-corrected chi connectivity index (χ0v) is 58.6. The highest BCUT2D eigenvalue weighted by atomic mass is 35.5. The average Bonchev–Trinajstić information content (AvgIpc) is 1.63.